The number of ether oxygens (including phenoxy) is 2. The van der Waals surface area contributed by atoms with Crippen molar-refractivity contribution in [3.63, 3.8) is 0 Å². The van der Waals surface area contributed by atoms with E-state index >= 15 is 0 Å². The smallest absolute Gasteiger partial charge is 0.233 e. The van der Waals surface area contributed by atoms with Crippen molar-refractivity contribution in [2.45, 2.75) is 24.5 Å². The summed E-state index contributed by atoms with van der Waals surface area (Å²) in [5, 5.41) is 9.53. The van der Waals surface area contributed by atoms with Crippen molar-refractivity contribution >= 4 is 17.7 Å². The summed E-state index contributed by atoms with van der Waals surface area (Å²) in [6.07, 6.45) is 1.60. The topological polar surface area (TPSA) is 69.5 Å². The second kappa shape index (κ2) is 10.4. The van der Waals surface area contributed by atoms with Gasteiger partial charge in [-0.1, -0.05) is 42.1 Å². The fourth-order valence-corrected chi connectivity index (χ4v) is 3.84. The third-order valence-electron chi connectivity index (χ3n) is 4.42. The van der Waals surface area contributed by atoms with E-state index in [1.807, 2.05) is 23.1 Å². The minimum absolute atomic E-state index is 0.124. The number of carbonyl (C=O) groups is 1. The van der Waals surface area contributed by atoms with Crippen molar-refractivity contribution in [3.05, 3.63) is 41.7 Å². The average Bonchev–Trinajstić information content (AvgIpc) is 3.09. The number of carbonyl (C=O) groups excluding carboxylic acids is 1. The number of benzene rings is 1. The second-order valence-corrected chi connectivity index (χ2v) is 7.28. The lowest BCUT2D eigenvalue weighted by Gasteiger charge is -2.26. The van der Waals surface area contributed by atoms with Gasteiger partial charge in [0.25, 0.3) is 0 Å². The first-order chi connectivity index (χ1) is 13.3. The molecule has 1 aromatic carbocycles. The highest BCUT2D eigenvalue weighted by atomic mass is 32.2. The van der Waals surface area contributed by atoms with Crippen LogP contribution in [0, 0.1) is 0 Å². The first-order valence-corrected chi connectivity index (χ1v) is 10.2. The van der Waals surface area contributed by atoms with Gasteiger partial charge in [0, 0.05) is 39.8 Å². The van der Waals surface area contributed by atoms with Crippen LogP contribution in [0.4, 0.5) is 0 Å². The molecule has 1 aliphatic rings. The van der Waals surface area contributed by atoms with Gasteiger partial charge >= 0.3 is 0 Å². The predicted octanol–water partition coefficient (Wildman–Crippen LogP) is 1.86. The van der Waals surface area contributed by atoms with E-state index in [0.717, 1.165) is 30.4 Å². The van der Waals surface area contributed by atoms with Crippen molar-refractivity contribution in [2.24, 2.45) is 0 Å². The zero-order valence-electron chi connectivity index (χ0n) is 15.7. The third-order valence-corrected chi connectivity index (χ3v) is 5.37. The van der Waals surface area contributed by atoms with E-state index in [2.05, 4.69) is 26.9 Å². The Kier molecular flexibility index (Phi) is 7.67. The number of amides is 1. The van der Waals surface area contributed by atoms with E-state index in [0.29, 0.717) is 38.7 Å². The minimum atomic E-state index is 0.124. The van der Waals surface area contributed by atoms with Crippen molar-refractivity contribution in [3.8, 4) is 0 Å². The minimum Gasteiger partial charge on any atom is -0.385 e. The molecule has 0 bridgehead atoms. The fraction of sp³-hybridized carbons (Fsp3) is 0.526. The number of morpholine rings is 1. The van der Waals surface area contributed by atoms with Gasteiger partial charge in [-0.05, 0) is 12.0 Å². The first kappa shape index (κ1) is 19.9. The monoisotopic (exact) mass is 390 g/mol. The third kappa shape index (κ3) is 5.79. The van der Waals surface area contributed by atoms with Gasteiger partial charge in [-0.3, -0.25) is 4.79 Å². The standard InChI is InChI=1S/C19H26N4O3S/c1-25-11-5-8-23-17(14-16-6-3-2-4-7-16)20-21-19(23)27-15-18(24)22-9-12-26-13-10-22/h2-4,6-7H,5,8-15H2,1H3. The van der Waals surface area contributed by atoms with E-state index in [1.54, 1.807) is 7.11 Å². The van der Waals surface area contributed by atoms with Crippen molar-refractivity contribution in [1.82, 2.24) is 19.7 Å². The number of hydrogen-bond acceptors (Lipinski definition) is 6. The molecule has 146 valence electrons. The Hall–Kier alpha value is -1.90. The molecule has 1 amide bonds. The largest absolute Gasteiger partial charge is 0.385 e. The molecule has 0 N–H and O–H groups in total. The zero-order chi connectivity index (χ0) is 18.9. The molecule has 0 aliphatic carbocycles. The molecular formula is C19H26N4O3S. The summed E-state index contributed by atoms with van der Waals surface area (Å²) in [6.45, 7) is 4.02. The molecule has 3 rings (SSSR count). The SMILES string of the molecule is COCCCn1c(Cc2ccccc2)nnc1SCC(=O)N1CCOCC1. The van der Waals surface area contributed by atoms with Crippen LogP contribution in [0.5, 0.6) is 0 Å². The lowest BCUT2D eigenvalue weighted by molar-refractivity contribution is -0.132. The van der Waals surface area contributed by atoms with Crippen molar-refractivity contribution in [1.29, 1.82) is 0 Å². The summed E-state index contributed by atoms with van der Waals surface area (Å²) in [5.41, 5.74) is 1.19. The van der Waals surface area contributed by atoms with Crippen LogP contribution in [0.15, 0.2) is 35.5 Å². The lowest BCUT2D eigenvalue weighted by atomic mass is 10.1. The quantitative estimate of drug-likeness (QED) is 0.481. The van der Waals surface area contributed by atoms with Gasteiger partial charge in [0.05, 0.1) is 19.0 Å². The molecule has 1 saturated heterocycles. The molecule has 27 heavy (non-hydrogen) atoms. The zero-order valence-corrected chi connectivity index (χ0v) is 16.5. The Morgan fingerprint density at radius 2 is 2.00 bits per heavy atom. The van der Waals surface area contributed by atoms with Crippen molar-refractivity contribution in [2.75, 3.05) is 45.8 Å². The van der Waals surface area contributed by atoms with Crippen LogP contribution in [-0.4, -0.2) is 71.3 Å². The fourth-order valence-electron chi connectivity index (χ4n) is 2.96. The Morgan fingerprint density at radius 1 is 1.22 bits per heavy atom. The Bertz CT molecular complexity index is 717. The molecule has 0 unspecified atom stereocenters. The van der Waals surface area contributed by atoms with Crippen LogP contribution < -0.4 is 0 Å². The summed E-state index contributed by atoms with van der Waals surface area (Å²) in [6, 6.07) is 10.2. The van der Waals surface area contributed by atoms with Gasteiger partial charge in [-0.2, -0.15) is 0 Å². The Balaban J connectivity index is 1.66. The molecule has 1 aromatic heterocycles. The van der Waals surface area contributed by atoms with Gasteiger partial charge in [0.1, 0.15) is 5.82 Å². The number of methoxy groups -OCH3 is 1. The van der Waals surface area contributed by atoms with Gasteiger partial charge in [0.2, 0.25) is 5.91 Å². The molecule has 0 spiro atoms. The molecule has 1 aliphatic heterocycles. The molecular weight excluding hydrogens is 364 g/mol. The number of nitrogens with zero attached hydrogens (tertiary/aromatic N) is 4. The van der Waals surface area contributed by atoms with Gasteiger partial charge in [0.15, 0.2) is 5.16 Å². The summed E-state index contributed by atoms with van der Waals surface area (Å²) in [4.78, 5) is 14.3. The average molecular weight is 391 g/mol. The van der Waals surface area contributed by atoms with Crippen LogP contribution in [0.25, 0.3) is 0 Å². The maximum absolute atomic E-state index is 12.4. The van der Waals surface area contributed by atoms with Crippen molar-refractivity contribution < 1.29 is 14.3 Å². The number of rotatable bonds is 9. The number of hydrogen-bond donors (Lipinski definition) is 0. The van der Waals surface area contributed by atoms with Crippen LogP contribution in [0.1, 0.15) is 17.8 Å². The van der Waals surface area contributed by atoms with Gasteiger partial charge in [-0.25, -0.2) is 0 Å². The van der Waals surface area contributed by atoms with Crippen LogP contribution in [0.3, 0.4) is 0 Å². The first-order valence-electron chi connectivity index (χ1n) is 9.21. The van der Waals surface area contributed by atoms with Gasteiger partial charge in [-0.15, -0.1) is 10.2 Å². The highest BCUT2D eigenvalue weighted by Crippen LogP contribution is 2.20. The van der Waals surface area contributed by atoms with E-state index < -0.39 is 0 Å². The van der Waals surface area contributed by atoms with E-state index in [9.17, 15) is 4.79 Å². The normalized spacial score (nSPS) is 14.5. The predicted molar refractivity (Wildman–Crippen MR) is 104 cm³/mol. The number of thioether (sulfide) groups is 1. The molecule has 8 heteroatoms. The molecule has 2 aromatic rings. The van der Waals surface area contributed by atoms with E-state index in [1.165, 1.54) is 17.3 Å². The maximum atomic E-state index is 12.4. The second-order valence-electron chi connectivity index (χ2n) is 6.34. The maximum Gasteiger partial charge on any atom is 0.233 e. The van der Waals surface area contributed by atoms with Crippen LogP contribution in [0.2, 0.25) is 0 Å². The Labute approximate surface area is 164 Å². The lowest BCUT2D eigenvalue weighted by Crippen LogP contribution is -2.41. The molecule has 2 heterocycles. The van der Waals surface area contributed by atoms with Crippen LogP contribution in [-0.2, 0) is 27.2 Å². The molecule has 1 fully saturated rings. The molecule has 0 saturated carbocycles. The van der Waals surface area contributed by atoms with Gasteiger partial charge < -0.3 is 18.9 Å². The summed E-state index contributed by atoms with van der Waals surface area (Å²) >= 11 is 1.45. The highest BCUT2D eigenvalue weighted by molar-refractivity contribution is 7.99. The number of aromatic nitrogens is 3. The molecule has 7 nitrogen and oxygen atoms in total. The molecule has 0 atom stereocenters. The molecule has 0 radical (unpaired) electrons. The summed E-state index contributed by atoms with van der Waals surface area (Å²) in [5.74, 6) is 1.41. The van der Waals surface area contributed by atoms with Crippen LogP contribution >= 0.6 is 11.8 Å². The summed E-state index contributed by atoms with van der Waals surface area (Å²) < 4.78 is 12.6. The highest BCUT2D eigenvalue weighted by Gasteiger charge is 2.19. The summed E-state index contributed by atoms with van der Waals surface area (Å²) in [7, 11) is 1.70. The van der Waals surface area contributed by atoms with E-state index in [-0.39, 0.29) is 5.91 Å². The Morgan fingerprint density at radius 3 is 2.74 bits per heavy atom. The van der Waals surface area contributed by atoms with E-state index in [4.69, 9.17) is 9.47 Å².